The highest BCUT2D eigenvalue weighted by Crippen LogP contribution is 2.33. The van der Waals surface area contributed by atoms with E-state index in [1.54, 1.807) is 0 Å². The number of rotatable bonds is 8. The zero-order valence-electron chi connectivity index (χ0n) is 16.9. The lowest BCUT2D eigenvalue weighted by atomic mass is 10.1. The van der Waals surface area contributed by atoms with Crippen molar-refractivity contribution in [2.45, 2.75) is 35.6 Å². The summed E-state index contributed by atoms with van der Waals surface area (Å²) >= 11 is 0. The van der Waals surface area contributed by atoms with Crippen molar-refractivity contribution < 1.29 is 33.0 Å². The molecule has 2 aromatic rings. The van der Waals surface area contributed by atoms with Gasteiger partial charge in [-0.1, -0.05) is 42.5 Å². The Labute approximate surface area is 191 Å². The van der Waals surface area contributed by atoms with Crippen LogP contribution in [-0.4, -0.2) is 54.4 Å². The van der Waals surface area contributed by atoms with Gasteiger partial charge in [-0.3, -0.25) is 24.6 Å². The summed E-state index contributed by atoms with van der Waals surface area (Å²) < 4.78 is 26.5. The number of aliphatic carboxylic acids is 2. The molecule has 0 saturated heterocycles. The van der Waals surface area contributed by atoms with Crippen molar-refractivity contribution >= 4 is 45.8 Å². The molecule has 9 nitrogen and oxygen atoms in total. The summed E-state index contributed by atoms with van der Waals surface area (Å²) in [5, 5.41) is 19.9. The number of hydrogen-bond donors (Lipinski definition) is 3. The third-order valence-electron chi connectivity index (χ3n) is 5.04. The van der Waals surface area contributed by atoms with E-state index >= 15 is 0 Å². The van der Waals surface area contributed by atoms with Gasteiger partial charge in [0.2, 0.25) is 5.91 Å². The van der Waals surface area contributed by atoms with Crippen LogP contribution in [0.3, 0.4) is 0 Å². The van der Waals surface area contributed by atoms with Crippen molar-refractivity contribution in [1.29, 1.82) is 0 Å². The summed E-state index contributed by atoms with van der Waals surface area (Å²) in [5.74, 6) is -3.25. The summed E-state index contributed by atoms with van der Waals surface area (Å²) in [6, 6.07) is 13.5. The molecule has 3 N–H and O–H groups in total. The number of nitrogens with zero attached hydrogens (tertiary/aromatic N) is 1. The summed E-state index contributed by atoms with van der Waals surface area (Å²) in [6.07, 6.45) is -0.0767. The highest BCUT2D eigenvalue weighted by molar-refractivity contribution is 7.92. The number of para-hydroxylation sites is 1. The molecule has 2 aromatic carbocycles. The van der Waals surface area contributed by atoms with E-state index < -0.39 is 52.1 Å². The maximum atomic E-state index is 13.3. The zero-order valence-corrected chi connectivity index (χ0v) is 18.5. The van der Waals surface area contributed by atoms with Crippen molar-refractivity contribution in [2.75, 3.05) is 11.4 Å². The summed E-state index contributed by atoms with van der Waals surface area (Å²) in [6.45, 7) is -0.700. The Morgan fingerprint density at radius 2 is 1.69 bits per heavy atom. The molecule has 1 aliphatic heterocycles. The van der Waals surface area contributed by atoms with Crippen molar-refractivity contribution in [3.63, 3.8) is 0 Å². The molecule has 172 valence electrons. The van der Waals surface area contributed by atoms with Crippen LogP contribution in [-0.2, 0) is 30.6 Å². The molecule has 11 heteroatoms. The average molecular weight is 483 g/mol. The van der Waals surface area contributed by atoms with Gasteiger partial charge in [-0.05, 0) is 30.5 Å². The van der Waals surface area contributed by atoms with E-state index in [1.165, 1.54) is 24.3 Å². The number of carbonyl (C=O) groups is 3. The van der Waals surface area contributed by atoms with Gasteiger partial charge in [-0.2, -0.15) is 0 Å². The maximum Gasteiger partial charge on any atom is 0.323 e. The van der Waals surface area contributed by atoms with Gasteiger partial charge in [0.05, 0.1) is 17.0 Å². The topological polar surface area (TPSA) is 141 Å². The summed E-state index contributed by atoms with van der Waals surface area (Å²) in [5.41, 5.74) is 0.865. The molecule has 1 amide bonds. The molecule has 2 atom stereocenters. The van der Waals surface area contributed by atoms with Gasteiger partial charge >= 0.3 is 11.9 Å². The molecule has 0 radical (unpaired) electrons. The third kappa shape index (κ3) is 5.64. The molecule has 32 heavy (non-hydrogen) atoms. The molecule has 0 aromatic heterocycles. The lowest BCUT2D eigenvalue weighted by molar-refractivity contribution is -0.140. The van der Waals surface area contributed by atoms with Crippen molar-refractivity contribution in [3.05, 3.63) is 60.2 Å². The number of halogens is 1. The van der Waals surface area contributed by atoms with E-state index in [0.717, 1.165) is 10.5 Å². The zero-order chi connectivity index (χ0) is 22.6. The van der Waals surface area contributed by atoms with Gasteiger partial charge in [0.1, 0.15) is 18.0 Å². The third-order valence-corrected chi connectivity index (χ3v) is 7.05. The van der Waals surface area contributed by atoms with Crippen LogP contribution < -0.4 is 10.2 Å². The number of benzene rings is 2. The van der Waals surface area contributed by atoms with Gasteiger partial charge in [0, 0.05) is 0 Å². The van der Waals surface area contributed by atoms with E-state index in [4.69, 9.17) is 5.11 Å². The van der Waals surface area contributed by atoms with Crippen LogP contribution in [0.25, 0.3) is 0 Å². The predicted molar refractivity (Wildman–Crippen MR) is 119 cm³/mol. The molecule has 0 spiro atoms. The molecule has 1 heterocycles. The van der Waals surface area contributed by atoms with Crippen LogP contribution in [0, 0.1) is 0 Å². The first-order valence-electron chi connectivity index (χ1n) is 9.58. The van der Waals surface area contributed by atoms with Crippen LogP contribution in [0.15, 0.2) is 59.5 Å². The van der Waals surface area contributed by atoms with E-state index in [1.807, 2.05) is 30.3 Å². The number of hydrogen-bond acceptors (Lipinski definition) is 6. The van der Waals surface area contributed by atoms with Crippen LogP contribution in [0.4, 0.5) is 5.69 Å². The lowest BCUT2D eigenvalue weighted by Crippen LogP contribution is -2.48. The normalized spacial score (nSPS) is 18.1. The van der Waals surface area contributed by atoms with Crippen LogP contribution in [0.2, 0.25) is 0 Å². The quantitative estimate of drug-likeness (QED) is 0.516. The van der Waals surface area contributed by atoms with E-state index in [-0.39, 0.29) is 29.4 Å². The Balaban J connectivity index is 0.00000363. The number of carbonyl (C=O) groups excluding carboxylic acids is 1. The number of carboxylic acids is 2. The first-order valence-corrected chi connectivity index (χ1v) is 11.1. The fourth-order valence-corrected chi connectivity index (χ4v) is 5.25. The second kappa shape index (κ2) is 10.6. The first-order chi connectivity index (χ1) is 14.7. The minimum absolute atomic E-state index is 0. The van der Waals surface area contributed by atoms with Crippen LogP contribution in [0.1, 0.15) is 18.4 Å². The van der Waals surface area contributed by atoms with E-state index in [0.29, 0.717) is 6.42 Å². The highest BCUT2D eigenvalue weighted by Gasteiger charge is 2.40. The monoisotopic (exact) mass is 482 g/mol. The van der Waals surface area contributed by atoms with Crippen molar-refractivity contribution in [1.82, 2.24) is 5.32 Å². The van der Waals surface area contributed by atoms with Gasteiger partial charge in [0.25, 0.3) is 0 Å². The fraction of sp³-hybridized carbons (Fsp3) is 0.286. The molecular weight excluding hydrogens is 460 g/mol. The standard InChI is InChI=1S/C21H22N2O7S.ClH/c24-19-12-18(22-15(21(27)28)11-10-14-6-2-1-3-7-14)31(29,30)17-9-5-4-8-16(17)23(19)13-20(25)26;/h1-9,15,18,22H,10-13H2,(H,25,26)(H,27,28);1H. The van der Waals surface area contributed by atoms with Gasteiger partial charge in [-0.15, -0.1) is 12.4 Å². The van der Waals surface area contributed by atoms with Crippen molar-refractivity contribution in [2.24, 2.45) is 0 Å². The molecule has 3 rings (SSSR count). The lowest BCUT2D eigenvalue weighted by Gasteiger charge is -2.22. The van der Waals surface area contributed by atoms with E-state index in [2.05, 4.69) is 5.32 Å². The minimum Gasteiger partial charge on any atom is -0.480 e. The Morgan fingerprint density at radius 3 is 2.31 bits per heavy atom. The number of anilines is 1. The fourth-order valence-electron chi connectivity index (χ4n) is 3.50. The second-order valence-corrected chi connectivity index (χ2v) is 9.26. The maximum absolute atomic E-state index is 13.3. The van der Waals surface area contributed by atoms with E-state index in [9.17, 15) is 27.9 Å². The Bertz CT molecular complexity index is 1090. The Hall–Kier alpha value is -2.95. The largest absolute Gasteiger partial charge is 0.480 e. The van der Waals surface area contributed by atoms with Gasteiger partial charge in [0.15, 0.2) is 9.84 Å². The van der Waals surface area contributed by atoms with Crippen molar-refractivity contribution in [3.8, 4) is 0 Å². The summed E-state index contributed by atoms with van der Waals surface area (Å²) in [4.78, 5) is 36.5. The molecule has 0 fully saturated rings. The first kappa shape index (κ1) is 25.3. The van der Waals surface area contributed by atoms with Crippen LogP contribution in [0.5, 0.6) is 0 Å². The predicted octanol–water partition coefficient (Wildman–Crippen LogP) is 1.71. The smallest absolute Gasteiger partial charge is 0.323 e. The number of sulfone groups is 1. The number of nitrogens with one attached hydrogen (secondary N) is 1. The Kier molecular flexibility index (Phi) is 8.37. The number of amides is 1. The molecule has 0 bridgehead atoms. The molecule has 2 unspecified atom stereocenters. The highest BCUT2D eigenvalue weighted by atomic mass is 35.5. The molecule has 0 aliphatic carbocycles. The second-order valence-electron chi connectivity index (χ2n) is 7.16. The SMILES string of the molecule is Cl.O=C(O)CN1C(=O)CC(NC(CCc2ccccc2)C(=O)O)S(=O)(=O)c2ccccc21. The average Bonchev–Trinajstić information content (AvgIpc) is 2.80. The van der Waals surface area contributed by atoms with Gasteiger partial charge < -0.3 is 10.2 Å². The number of fused-ring (bicyclic) bond motifs is 1. The minimum atomic E-state index is -4.16. The molecule has 0 saturated carbocycles. The van der Waals surface area contributed by atoms with Crippen LogP contribution >= 0.6 is 12.4 Å². The number of aryl methyl sites for hydroxylation is 1. The number of carboxylic acid groups (broad SMARTS) is 2. The molecule has 1 aliphatic rings. The Morgan fingerprint density at radius 1 is 1.06 bits per heavy atom. The molecular formula is C21H23ClN2O7S. The summed E-state index contributed by atoms with van der Waals surface area (Å²) in [7, 11) is -4.16. The van der Waals surface area contributed by atoms with Gasteiger partial charge in [-0.25, -0.2) is 8.42 Å².